The lowest BCUT2D eigenvalue weighted by atomic mass is 10.3. The summed E-state index contributed by atoms with van der Waals surface area (Å²) >= 11 is 1.35. The molecular weight excluding hydrogens is 198 g/mol. The Bertz CT molecular complexity index is 446. The van der Waals surface area contributed by atoms with Crippen LogP contribution >= 0.6 is 11.3 Å². The molecular formula is C9H9N3OS. The number of hydrogen-bond acceptors (Lipinski definition) is 4. The van der Waals surface area contributed by atoms with Gasteiger partial charge in [0.15, 0.2) is 11.3 Å². The van der Waals surface area contributed by atoms with Gasteiger partial charge >= 0.3 is 0 Å². The van der Waals surface area contributed by atoms with Gasteiger partial charge in [0.05, 0.1) is 11.9 Å². The van der Waals surface area contributed by atoms with Crippen LogP contribution in [0.15, 0.2) is 17.8 Å². The Morgan fingerprint density at radius 3 is 3.07 bits per heavy atom. The third-order valence-corrected chi connectivity index (χ3v) is 2.65. The molecule has 0 unspecified atom stereocenters. The molecule has 0 radical (unpaired) electrons. The van der Waals surface area contributed by atoms with Gasteiger partial charge in [-0.25, -0.2) is 4.98 Å². The van der Waals surface area contributed by atoms with Crippen LogP contribution in [0.1, 0.15) is 16.7 Å². The highest BCUT2D eigenvalue weighted by molar-refractivity contribution is 7.11. The molecule has 0 spiro atoms. The molecule has 72 valence electrons. The van der Waals surface area contributed by atoms with Crippen LogP contribution in [0.3, 0.4) is 0 Å². The van der Waals surface area contributed by atoms with Crippen molar-refractivity contribution in [2.24, 2.45) is 0 Å². The number of rotatable bonds is 3. The molecule has 4 nitrogen and oxygen atoms in total. The van der Waals surface area contributed by atoms with E-state index in [9.17, 15) is 4.79 Å². The van der Waals surface area contributed by atoms with Gasteiger partial charge in [0.1, 0.15) is 0 Å². The number of carbonyl (C=O) groups excluding carboxylic acids is 1. The second-order valence-corrected chi connectivity index (χ2v) is 3.66. The summed E-state index contributed by atoms with van der Waals surface area (Å²) in [6.45, 7) is 2.86. The van der Waals surface area contributed by atoms with Gasteiger partial charge in [-0.3, -0.25) is 9.48 Å². The zero-order valence-corrected chi connectivity index (χ0v) is 8.49. The van der Waals surface area contributed by atoms with Gasteiger partial charge < -0.3 is 0 Å². The second kappa shape index (κ2) is 3.71. The van der Waals surface area contributed by atoms with E-state index >= 15 is 0 Å². The van der Waals surface area contributed by atoms with Gasteiger partial charge in [0, 0.05) is 23.7 Å². The molecule has 0 atom stereocenters. The molecule has 0 bridgehead atoms. The molecule has 2 aromatic rings. The quantitative estimate of drug-likeness (QED) is 0.721. The number of aryl methyl sites for hydroxylation is 1. The van der Waals surface area contributed by atoms with Crippen molar-refractivity contribution in [3.05, 3.63) is 22.8 Å². The van der Waals surface area contributed by atoms with E-state index in [1.54, 1.807) is 6.20 Å². The van der Waals surface area contributed by atoms with Crippen molar-refractivity contribution in [3.8, 4) is 11.3 Å². The van der Waals surface area contributed by atoms with Crippen molar-refractivity contribution in [2.45, 2.75) is 13.5 Å². The predicted octanol–water partition coefficient (Wildman–Crippen LogP) is 1.84. The summed E-state index contributed by atoms with van der Waals surface area (Å²) in [4.78, 5) is 14.6. The highest BCUT2D eigenvalue weighted by atomic mass is 32.1. The molecule has 0 saturated carbocycles. The van der Waals surface area contributed by atoms with Gasteiger partial charge in [-0.15, -0.1) is 11.3 Å². The predicted molar refractivity (Wildman–Crippen MR) is 54.4 cm³/mol. The van der Waals surface area contributed by atoms with Crippen LogP contribution in [0, 0.1) is 0 Å². The Balaban J connectivity index is 2.33. The minimum atomic E-state index is 0.504. The highest BCUT2D eigenvalue weighted by Crippen LogP contribution is 2.20. The topological polar surface area (TPSA) is 47.8 Å². The van der Waals surface area contributed by atoms with Crippen LogP contribution in [0.25, 0.3) is 11.3 Å². The zero-order chi connectivity index (χ0) is 9.97. The first-order valence-corrected chi connectivity index (χ1v) is 5.15. The molecule has 0 amide bonds. The molecule has 0 N–H and O–H groups in total. The zero-order valence-electron chi connectivity index (χ0n) is 7.67. The van der Waals surface area contributed by atoms with E-state index in [0.29, 0.717) is 5.01 Å². The van der Waals surface area contributed by atoms with Crippen LogP contribution in [-0.4, -0.2) is 21.1 Å². The average Bonchev–Trinajstić information content (AvgIpc) is 2.86. The maximum Gasteiger partial charge on any atom is 0.178 e. The van der Waals surface area contributed by atoms with Crippen molar-refractivity contribution in [1.82, 2.24) is 14.8 Å². The summed E-state index contributed by atoms with van der Waals surface area (Å²) in [6.07, 6.45) is 4.44. The van der Waals surface area contributed by atoms with E-state index in [0.717, 1.165) is 24.1 Å². The number of carbonyl (C=O) groups is 1. The van der Waals surface area contributed by atoms with Crippen LogP contribution in [-0.2, 0) is 6.54 Å². The molecule has 5 heteroatoms. The van der Waals surface area contributed by atoms with Gasteiger partial charge in [-0.2, -0.15) is 5.10 Å². The molecule has 0 fully saturated rings. The van der Waals surface area contributed by atoms with E-state index in [-0.39, 0.29) is 0 Å². The summed E-state index contributed by atoms with van der Waals surface area (Å²) in [7, 11) is 0. The SMILES string of the molecule is CCn1cc(-c2csc(C=O)n2)cn1. The average molecular weight is 207 g/mol. The van der Waals surface area contributed by atoms with E-state index in [2.05, 4.69) is 10.1 Å². The Morgan fingerprint density at radius 2 is 2.50 bits per heavy atom. The van der Waals surface area contributed by atoms with Gasteiger partial charge in [0.25, 0.3) is 0 Å². The fraction of sp³-hybridized carbons (Fsp3) is 0.222. The molecule has 0 aliphatic carbocycles. The lowest BCUT2D eigenvalue weighted by molar-refractivity contribution is 0.112. The van der Waals surface area contributed by atoms with Crippen LogP contribution in [0.5, 0.6) is 0 Å². The lowest BCUT2D eigenvalue weighted by Gasteiger charge is -1.90. The highest BCUT2D eigenvalue weighted by Gasteiger charge is 2.05. The van der Waals surface area contributed by atoms with Crippen molar-refractivity contribution < 1.29 is 4.79 Å². The summed E-state index contributed by atoms with van der Waals surface area (Å²) in [5.41, 5.74) is 1.77. The summed E-state index contributed by atoms with van der Waals surface area (Å²) in [6, 6.07) is 0. The smallest absolute Gasteiger partial charge is 0.178 e. The van der Waals surface area contributed by atoms with Gasteiger partial charge in [-0.1, -0.05) is 0 Å². The lowest BCUT2D eigenvalue weighted by Crippen LogP contribution is -1.91. The first-order chi connectivity index (χ1) is 6.83. The summed E-state index contributed by atoms with van der Waals surface area (Å²) < 4.78 is 1.83. The molecule has 2 aromatic heterocycles. The normalized spacial score (nSPS) is 10.4. The fourth-order valence-corrected chi connectivity index (χ4v) is 1.77. The Kier molecular flexibility index (Phi) is 2.41. The fourth-order valence-electron chi connectivity index (χ4n) is 1.14. The first kappa shape index (κ1) is 9.08. The number of hydrogen-bond donors (Lipinski definition) is 0. The molecule has 0 saturated heterocycles. The summed E-state index contributed by atoms with van der Waals surface area (Å²) in [5, 5.41) is 6.50. The Hall–Kier alpha value is -1.49. The minimum Gasteiger partial charge on any atom is -0.295 e. The number of thiazole rings is 1. The molecule has 2 heterocycles. The number of nitrogens with zero attached hydrogens (tertiary/aromatic N) is 3. The van der Waals surface area contributed by atoms with Gasteiger partial charge in [-0.05, 0) is 6.92 Å². The summed E-state index contributed by atoms with van der Waals surface area (Å²) in [5.74, 6) is 0. The molecule has 0 aliphatic heterocycles. The maximum absolute atomic E-state index is 10.4. The van der Waals surface area contributed by atoms with Gasteiger partial charge in [0.2, 0.25) is 0 Å². The minimum absolute atomic E-state index is 0.504. The molecule has 0 aromatic carbocycles. The number of aldehydes is 1. The monoisotopic (exact) mass is 207 g/mol. The molecule has 14 heavy (non-hydrogen) atoms. The first-order valence-electron chi connectivity index (χ1n) is 4.27. The van der Waals surface area contributed by atoms with Crippen LogP contribution in [0.4, 0.5) is 0 Å². The van der Waals surface area contributed by atoms with Crippen molar-refractivity contribution in [3.63, 3.8) is 0 Å². The second-order valence-electron chi connectivity index (χ2n) is 2.77. The van der Waals surface area contributed by atoms with Crippen LogP contribution in [0.2, 0.25) is 0 Å². The van der Waals surface area contributed by atoms with Crippen LogP contribution < -0.4 is 0 Å². The molecule has 2 rings (SSSR count). The van der Waals surface area contributed by atoms with E-state index < -0.39 is 0 Å². The third kappa shape index (κ3) is 1.58. The van der Waals surface area contributed by atoms with Crippen molar-refractivity contribution in [1.29, 1.82) is 0 Å². The maximum atomic E-state index is 10.4. The Labute approximate surface area is 85.2 Å². The van der Waals surface area contributed by atoms with E-state index in [1.807, 2.05) is 23.2 Å². The standard InChI is InChI=1S/C9H9N3OS/c1-2-12-4-7(3-10-12)8-6-14-9(5-13)11-8/h3-6H,2H2,1H3. The van der Waals surface area contributed by atoms with Crippen molar-refractivity contribution in [2.75, 3.05) is 0 Å². The van der Waals surface area contributed by atoms with Crippen molar-refractivity contribution >= 4 is 17.6 Å². The number of aromatic nitrogens is 3. The Morgan fingerprint density at radius 1 is 1.64 bits per heavy atom. The molecule has 0 aliphatic rings. The van der Waals surface area contributed by atoms with E-state index in [4.69, 9.17) is 0 Å². The third-order valence-electron chi connectivity index (χ3n) is 1.88. The largest absolute Gasteiger partial charge is 0.295 e. The van der Waals surface area contributed by atoms with E-state index in [1.165, 1.54) is 11.3 Å².